The molecule has 3 nitrogen and oxygen atoms in total. The zero-order valence-electron chi connectivity index (χ0n) is 13.4. The van der Waals surface area contributed by atoms with E-state index in [1.165, 1.54) is 32.1 Å². The molecule has 2 aliphatic carbocycles. The van der Waals surface area contributed by atoms with Gasteiger partial charge in [0.15, 0.2) is 0 Å². The molecule has 1 N–H and O–H groups in total. The minimum absolute atomic E-state index is 0.311. The number of hydrogen-bond donors (Lipinski definition) is 1. The normalized spacial score (nSPS) is 41.4. The summed E-state index contributed by atoms with van der Waals surface area (Å²) in [4.78, 5) is 2.36. The second kappa shape index (κ2) is 5.26. The van der Waals surface area contributed by atoms with Crippen molar-refractivity contribution < 1.29 is 9.84 Å². The Morgan fingerprint density at radius 3 is 2.50 bits per heavy atom. The predicted octanol–water partition coefficient (Wildman–Crippen LogP) is 2.67. The molecule has 2 saturated carbocycles. The van der Waals surface area contributed by atoms with Crippen LogP contribution in [0.15, 0.2) is 0 Å². The van der Waals surface area contributed by atoms with Crippen LogP contribution in [0.4, 0.5) is 0 Å². The van der Waals surface area contributed by atoms with E-state index in [-0.39, 0.29) is 6.10 Å². The first kappa shape index (κ1) is 14.8. The molecule has 3 aliphatic rings. The Balaban J connectivity index is 1.49. The lowest BCUT2D eigenvalue weighted by molar-refractivity contribution is -0.0785. The highest BCUT2D eigenvalue weighted by Gasteiger charge is 2.61. The molecule has 0 spiro atoms. The molecule has 1 saturated heterocycles. The monoisotopic (exact) mass is 281 g/mol. The van der Waals surface area contributed by atoms with Gasteiger partial charge in [0.1, 0.15) is 0 Å². The zero-order valence-corrected chi connectivity index (χ0v) is 13.4. The summed E-state index contributed by atoms with van der Waals surface area (Å²) in [6.45, 7) is 10.8. The summed E-state index contributed by atoms with van der Waals surface area (Å²) in [6.07, 6.45) is 6.44. The van der Waals surface area contributed by atoms with E-state index in [0.717, 1.165) is 25.6 Å². The van der Waals surface area contributed by atoms with Crippen molar-refractivity contribution in [1.82, 2.24) is 4.90 Å². The summed E-state index contributed by atoms with van der Waals surface area (Å²) < 4.78 is 6.17. The van der Waals surface area contributed by atoms with Gasteiger partial charge in [0.05, 0.1) is 18.8 Å². The van der Waals surface area contributed by atoms with Crippen molar-refractivity contribution in [2.24, 2.45) is 16.7 Å². The maximum atomic E-state index is 10.2. The molecule has 4 atom stereocenters. The third-order valence-electron chi connectivity index (χ3n) is 6.87. The van der Waals surface area contributed by atoms with E-state index in [1.54, 1.807) is 0 Å². The largest absolute Gasteiger partial charge is 0.389 e. The first-order chi connectivity index (χ1) is 9.43. The van der Waals surface area contributed by atoms with E-state index in [1.807, 2.05) is 0 Å². The van der Waals surface area contributed by atoms with Crippen molar-refractivity contribution in [2.75, 3.05) is 26.2 Å². The molecule has 116 valence electrons. The quantitative estimate of drug-likeness (QED) is 0.841. The lowest BCUT2D eigenvalue weighted by atomic mass is 9.70. The highest BCUT2D eigenvalue weighted by molar-refractivity contribution is 5.11. The van der Waals surface area contributed by atoms with Crippen LogP contribution in [0.3, 0.4) is 0 Å². The highest BCUT2D eigenvalue weighted by atomic mass is 16.5. The van der Waals surface area contributed by atoms with Gasteiger partial charge in [-0.05, 0) is 61.9 Å². The van der Waals surface area contributed by atoms with Gasteiger partial charge in [-0.3, -0.25) is 0 Å². The fraction of sp³-hybridized carbons (Fsp3) is 1.00. The fourth-order valence-electron chi connectivity index (χ4n) is 4.93. The maximum Gasteiger partial charge on any atom is 0.0900 e. The molecule has 1 heterocycles. The van der Waals surface area contributed by atoms with Crippen LogP contribution in [0.25, 0.3) is 0 Å². The predicted molar refractivity (Wildman–Crippen MR) is 80.6 cm³/mol. The molecule has 0 aromatic rings. The molecule has 0 amide bonds. The Hall–Kier alpha value is -0.120. The average molecular weight is 281 g/mol. The van der Waals surface area contributed by atoms with E-state index < -0.39 is 0 Å². The van der Waals surface area contributed by atoms with Crippen molar-refractivity contribution in [2.45, 2.75) is 65.1 Å². The van der Waals surface area contributed by atoms with Gasteiger partial charge in [-0.1, -0.05) is 20.8 Å². The van der Waals surface area contributed by atoms with E-state index in [4.69, 9.17) is 4.74 Å². The summed E-state index contributed by atoms with van der Waals surface area (Å²) in [5.74, 6) is 0.813. The summed E-state index contributed by atoms with van der Waals surface area (Å²) >= 11 is 0. The second-order valence-electron chi connectivity index (χ2n) is 8.09. The Morgan fingerprint density at radius 1 is 1.25 bits per heavy atom. The summed E-state index contributed by atoms with van der Waals surface area (Å²) in [5.41, 5.74) is 0.711. The third kappa shape index (κ3) is 2.32. The minimum atomic E-state index is -0.320. The van der Waals surface area contributed by atoms with Crippen molar-refractivity contribution in [3.63, 3.8) is 0 Å². The second-order valence-corrected chi connectivity index (χ2v) is 8.09. The molecule has 1 aliphatic heterocycles. The molecule has 3 heteroatoms. The van der Waals surface area contributed by atoms with Crippen LogP contribution in [-0.4, -0.2) is 48.5 Å². The lowest BCUT2D eigenvalue weighted by Gasteiger charge is -2.39. The van der Waals surface area contributed by atoms with E-state index in [2.05, 4.69) is 25.7 Å². The number of ether oxygens (including phenoxy) is 1. The lowest BCUT2D eigenvalue weighted by Crippen LogP contribution is -2.40. The van der Waals surface area contributed by atoms with Crippen LogP contribution in [0.1, 0.15) is 52.9 Å². The van der Waals surface area contributed by atoms with Crippen molar-refractivity contribution in [3.8, 4) is 0 Å². The average Bonchev–Trinajstić information content (AvgIpc) is 3.01. The standard InChI is InChI=1S/C17H31NO2/c1-16(2)13-6-7-17(16,3)15(10-13)20-12-14(19)11-18-8-4-5-9-18/h13-15,19H,4-12H2,1-3H3/t13-,14+,15+,17-/m0/s1. The maximum absolute atomic E-state index is 10.2. The van der Waals surface area contributed by atoms with Gasteiger partial charge < -0.3 is 14.7 Å². The molecule has 0 unspecified atom stereocenters. The topological polar surface area (TPSA) is 32.7 Å². The number of hydrogen-bond acceptors (Lipinski definition) is 3. The van der Waals surface area contributed by atoms with Crippen LogP contribution in [0.2, 0.25) is 0 Å². The molecule has 3 rings (SSSR count). The summed E-state index contributed by atoms with van der Waals surface area (Å²) in [7, 11) is 0. The first-order valence-corrected chi connectivity index (χ1v) is 8.45. The van der Waals surface area contributed by atoms with Crippen LogP contribution in [-0.2, 0) is 4.74 Å². The van der Waals surface area contributed by atoms with Gasteiger partial charge in [-0.2, -0.15) is 0 Å². The highest BCUT2D eigenvalue weighted by Crippen LogP contribution is 2.66. The smallest absolute Gasteiger partial charge is 0.0900 e. The van der Waals surface area contributed by atoms with E-state index >= 15 is 0 Å². The molecule has 0 radical (unpaired) electrons. The van der Waals surface area contributed by atoms with E-state index in [9.17, 15) is 5.11 Å². The first-order valence-electron chi connectivity index (χ1n) is 8.45. The van der Waals surface area contributed by atoms with Gasteiger partial charge in [0, 0.05) is 6.54 Å². The van der Waals surface area contributed by atoms with Crippen molar-refractivity contribution in [1.29, 1.82) is 0 Å². The Kier molecular flexibility index (Phi) is 3.89. The van der Waals surface area contributed by atoms with E-state index in [0.29, 0.717) is 23.5 Å². The summed E-state index contributed by atoms with van der Waals surface area (Å²) in [5, 5.41) is 10.2. The van der Waals surface area contributed by atoms with Crippen LogP contribution >= 0.6 is 0 Å². The SMILES string of the molecule is CC1(C)[C@H]2CC[C@@]1(C)[C@H](OC[C@H](O)CN1CCCC1)C2. The Morgan fingerprint density at radius 2 is 1.95 bits per heavy atom. The molecular weight excluding hydrogens is 250 g/mol. The number of rotatable bonds is 5. The van der Waals surface area contributed by atoms with Crippen molar-refractivity contribution in [3.05, 3.63) is 0 Å². The number of β-amino-alcohol motifs (C(OH)–C–C–N with tert-alkyl or cyclic N) is 1. The number of fused-ring (bicyclic) bond motifs is 2. The number of aliphatic hydroxyl groups excluding tert-OH is 1. The fourth-order valence-corrected chi connectivity index (χ4v) is 4.93. The van der Waals surface area contributed by atoms with Crippen LogP contribution in [0.5, 0.6) is 0 Å². The number of aliphatic hydroxyl groups is 1. The van der Waals surface area contributed by atoms with Gasteiger partial charge in [0.25, 0.3) is 0 Å². The number of likely N-dealkylation sites (tertiary alicyclic amines) is 1. The van der Waals surface area contributed by atoms with Crippen molar-refractivity contribution >= 4 is 0 Å². The summed E-state index contributed by atoms with van der Waals surface area (Å²) in [6, 6.07) is 0. The Bertz CT molecular complexity index is 351. The molecule has 0 aromatic carbocycles. The molecule has 20 heavy (non-hydrogen) atoms. The van der Waals surface area contributed by atoms with Gasteiger partial charge >= 0.3 is 0 Å². The van der Waals surface area contributed by atoms with Crippen LogP contribution in [0, 0.1) is 16.7 Å². The molecule has 0 aromatic heterocycles. The van der Waals surface area contributed by atoms with Gasteiger partial charge in [-0.15, -0.1) is 0 Å². The van der Waals surface area contributed by atoms with Crippen LogP contribution < -0.4 is 0 Å². The number of nitrogens with zero attached hydrogens (tertiary/aromatic N) is 1. The Labute approximate surface area is 123 Å². The van der Waals surface area contributed by atoms with Gasteiger partial charge in [0.2, 0.25) is 0 Å². The third-order valence-corrected chi connectivity index (χ3v) is 6.87. The van der Waals surface area contributed by atoms with Gasteiger partial charge in [-0.25, -0.2) is 0 Å². The molecular formula is C17H31NO2. The zero-order chi connectivity index (χ0) is 14.4. The molecule has 3 fully saturated rings. The minimum Gasteiger partial charge on any atom is -0.389 e. The molecule has 2 bridgehead atoms.